The van der Waals surface area contributed by atoms with Gasteiger partial charge in [-0.25, -0.2) is 4.79 Å². The van der Waals surface area contributed by atoms with Gasteiger partial charge in [0.25, 0.3) is 0 Å². The van der Waals surface area contributed by atoms with Gasteiger partial charge >= 0.3 is 5.97 Å². The third kappa shape index (κ3) is 12.1. The minimum atomic E-state index is -0.300. The van der Waals surface area contributed by atoms with Crippen LogP contribution in [0.3, 0.4) is 0 Å². The van der Waals surface area contributed by atoms with Crippen molar-refractivity contribution in [3.63, 3.8) is 0 Å². The molecule has 0 spiro atoms. The maximum absolute atomic E-state index is 10.9. The first-order chi connectivity index (χ1) is 11.2. The summed E-state index contributed by atoms with van der Waals surface area (Å²) in [5, 5.41) is 0. The van der Waals surface area contributed by atoms with Crippen LogP contribution < -0.4 is 17.0 Å². The van der Waals surface area contributed by atoms with Gasteiger partial charge in [-0.15, -0.1) is 0 Å². The number of rotatable bonds is 13. The third-order valence-corrected chi connectivity index (χ3v) is 5.15. The van der Waals surface area contributed by atoms with Crippen molar-refractivity contribution in [1.82, 2.24) is 0 Å². The Kier molecular flexibility index (Phi) is 14.7. The lowest BCUT2D eigenvalue weighted by Gasteiger charge is -2.37. The van der Waals surface area contributed by atoms with E-state index in [2.05, 4.69) is 13.6 Å². The Morgan fingerprint density at radius 3 is 1.96 bits per heavy atom. The molecule has 0 saturated carbocycles. The monoisotopic (exact) mass is 403 g/mol. The van der Waals surface area contributed by atoms with Crippen LogP contribution in [-0.4, -0.2) is 43.7 Å². The van der Waals surface area contributed by atoms with Crippen molar-refractivity contribution >= 4 is 5.97 Å². The highest BCUT2D eigenvalue weighted by molar-refractivity contribution is 5.81. The summed E-state index contributed by atoms with van der Waals surface area (Å²) in [7, 11) is 2.45. The number of likely N-dealkylation sites (tertiary alicyclic amines) is 1. The summed E-state index contributed by atoms with van der Waals surface area (Å²) in [5.41, 5.74) is 0. The molecule has 0 aromatic carbocycles. The summed E-state index contributed by atoms with van der Waals surface area (Å²) in [5.74, 6) is -0.300. The van der Waals surface area contributed by atoms with E-state index in [0.717, 1.165) is 6.42 Å². The first-order valence-corrected chi connectivity index (χ1v) is 9.79. The van der Waals surface area contributed by atoms with Crippen molar-refractivity contribution in [3.8, 4) is 0 Å². The molecule has 1 rings (SSSR count). The van der Waals surface area contributed by atoms with E-state index in [1.807, 2.05) is 0 Å². The largest absolute Gasteiger partial charge is 1.00 e. The van der Waals surface area contributed by atoms with Gasteiger partial charge in [-0.3, -0.25) is 0 Å². The molecule has 0 aromatic heterocycles. The van der Waals surface area contributed by atoms with Crippen molar-refractivity contribution in [2.45, 2.75) is 77.0 Å². The number of carbonyl (C=O) groups is 1. The third-order valence-electron chi connectivity index (χ3n) is 5.15. The molecule has 1 aliphatic heterocycles. The van der Waals surface area contributed by atoms with Gasteiger partial charge in [-0.05, 0) is 38.5 Å². The molecule has 142 valence electrons. The molecule has 0 aliphatic carbocycles. The summed E-state index contributed by atoms with van der Waals surface area (Å²) in [6.07, 6.45) is 17.2. The molecule has 1 fully saturated rings. The number of ether oxygens (including phenoxy) is 1. The van der Waals surface area contributed by atoms with Crippen molar-refractivity contribution in [1.29, 1.82) is 0 Å². The van der Waals surface area contributed by atoms with Gasteiger partial charge in [0.15, 0.2) is 0 Å². The molecule has 0 radical (unpaired) electrons. The first-order valence-electron chi connectivity index (χ1n) is 9.79. The van der Waals surface area contributed by atoms with Crippen LogP contribution >= 0.6 is 0 Å². The SMILES string of the molecule is C=CC(=O)OCCCCCCCCCCC[N+]1(C)CCCCC1.[Br-]. The van der Waals surface area contributed by atoms with E-state index in [4.69, 9.17) is 4.74 Å². The highest BCUT2D eigenvalue weighted by Crippen LogP contribution is 2.18. The zero-order chi connectivity index (χ0) is 16.8. The van der Waals surface area contributed by atoms with E-state index in [9.17, 15) is 4.79 Å². The fourth-order valence-electron chi connectivity index (χ4n) is 3.56. The Balaban J connectivity index is 0.00000529. The number of piperidine rings is 1. The summed E-state index contributed by atoms with van der Waals surface area (Å²) in [4.78, 5) is 10.9. The van der Waals surface area contributed by atoms with Gasteiger partial charge in [0.05, 0.1) is 33.3 Å². The molecule has 1 heterocycles. The number of esters is 1. The highest BCUT2D eigenvalue weighted by Gasteiger charge is 2.23. The van der Waals surface area contributed by atoms with Gasteiger partial charge in [0.1, 0.15) is 0 Å². The molecule has 0 atom stereocenters. The number of quaternary nitrogens is 1. The van der Waals surface area contributed by atoms with Crippen LogP contribution in [0.5, 0.6) is 0 Å². The maximum Gasteiger partial charge on any atom is 0.330 e. The lowest BCUT2D eigenvalue weighted by Crippen LogP contribution is -3.00. The summed E-state index contributed by atoms with van der Waals surface area (Å²) in [6, 6.07) is 0. The highest BCUT2D eigenvalue weighted by atomic mass is 79.9. The minimum Gasteiger partial charge on any atom is -1.00 e. The van der Waals surface area contributed by atoms with E-state index in [0.29, 0.717) is 6.61 Å². The summed E-state index contributed by atoms with van der Waals surface area (Å²) >= 11 is 0. The molecule has 24 heavy (non-hydrogen) atoms. The number of hydrogen-bond acceptors (Lipinski definition) is 2. The topological polar surface area (TPSA) is 26.3 Å². The van der Waals surface area contributed by atoms with Crippen LogP contribution in [0.2, 0.25) is 0 Å². The van der Waals surface area contributed by atoms with Gasteiger partial charge in [-0.1, -0.05) is 45.1 Å². The fourth-order valence-corrected chi connectivity index (χ4v) is 3.56. The van der Waals surface area contributed by atoms with Gasteiger partial charge in [0.2, 0.25) is 0 Å². The molecule has 1 saturated heterocycles. The van der Waals surface area contributed by atoms with Crippen LogP contribution in [0.25, 0.3) is 0 Å². The molecule has 1 aliphatic rings. The summed E-state index contributed by atoms with van der Waals surface area (Å²) in [6.45, 7) is 8.13. The van der Waals surface area contributed by atoms with Crippen LogP contribution in [0, 0.1) is 0 Å². The molecule has 0 aromatic rings. The van der Waals surface area contributed by atoms with Crippen LogP contribution in [0.15, 0.2) is 12.7 Å². The summed E-state index contributed by atoms with van der Waals surface area (Å²) < 4.78 is 6.29. The normalized spacial score (nSPS) is 16.2. The van der Waals surface area contributed by atoms with E-state index >= 15 is 0 Å². The predicted octanol–water partition coefficient (Wildman–Crippen LogP) is 1.86. The predicted molar refractivity (Wildman–Crippen MR) is 97.3 cm³/mol. The first kappa shape index (κ1) is 23.6. The van der Waals surface area contributed by atoms with E-state index in [1.54, 1.807) is 0 Å². The number of halogens is 1. The Labute approximate surface area is 160 Å². The lowest BCUT2D eigenvalue weighted by atomic mass is 10.1. The van der Waals surface area contributed by atoms with Crippen molar-refractivity contribution in [2.75, 3.05) is 33.3 Å². The zero-order valence-electron chi connectivity index (χ0n) is 15.7. The Morgan fingerprint density at radius 2 is 1.42 bits per heavy atom. The maximum atomic E-state index is 10.9. The fraction of sp³-hybridized carbons (Fsp3) is 0.850. The lowest BCUT2D eigenvalue weighted by molar-refractivity contribution is -0.914. The number of carbonyl (C=O) groups excluding carboxylic acids is 1. The van der Waals surface area contributed by atoms with E-state index < -0.39 is 0 Å². The van der Waals surface area contributed by atoms with Gasteiger partial charge in [-0.2, -0.15) is 0 Å². The Hall–Kier alpha value is -0.350. The molecule has 0 amide bonds. The number of nitrogens with zero attached hydrogens (tertiary/aromatic N) is 1. The van der Waals surface area contributed by atoms with E-state index in [-0.39, 0.29) is 23.0 Å². The minimum absolute atomic E-state index is 0. The number of hydrogen-bond donors (Lipinski definition) is 0. The number of unbranched alkanes of at least 4 members (excludes halogenated alkanes) is 8. The molecule has 0 bridgehead atoms. The van der Waals surface area contributed by atoms with Gasteiger partial charge in [0, 0.05) is 6.08 Å². The van der Waals surface area contributed by atoms with Crippen LogP contribution in [0.1, 0.15) is 77.0 Å². The average Bonchev–Trinajstić information content (AvgIpc) is 2.56. The second-order valence-electron chi connectivity index (χ2n) is 7.40. The van der Waals surface area contributed by atoms with Crippen LogP contribution in [0.4, 0.5) is 0 Å². The standard InChI is InChI=1S/C20H38NO2.BrH/c1-3-20(22)23-19-15-10-8-6-4-5-7-9-12-16-21(2)17-13-11-14-18-21;/h3H,1,4-19H2,2H3;1H/q+1;/p-1. The van der Waals surface area contributed by atoms with Crippen molar-refractivity contribution in [2.24, 2.45) is 0 Å². The molecular formula is C20H38BrNO2. The second kappa shape index (κ2) is 14.9. The molecule has 0 N–H and O–H groups in total. The van der Waals surface area contributed by atoms with Crippen LogP contribution in [-0.2, 0) is 9.53 Å². The Bertz CT molecular complexity index is 328. The van der Waals surface area contributed by atoms with Crippen molar-refractivity contribution in [3.05, 3.63) is 12.7 Å². The second-order valence-corrected chi connectivity index (χ2v) is 7.40. The van der Waals surface area contributed by atoms with E-state index in [1.165, 1.54) is 101 Å². The quantitative estimate of drug-likeness (QED) is 0.203. The zero-order valence-corrected chi connectivity index (χ0v) is 17.3. The Morgan fingerprint density at radius 1 is 0.917 bits per heavy atom. The molecular weight excluding hydrogens is 366 g/mol. The molecule has 3 nitrogen and oxygen atoms in total. The molecule has 4 heteroatoms. The molecule has 0 unspecified atom stereocenters. The van der Waals surface area contributed by atoms with Crippen molar-refractivity contribution < 1.29 is 31.0 Å². The smallest absolute Gasteiger partial charge is 0.330 e. The van der Waals surface area contributed by atoms with Gasteiger partial charge < -0.3 is 26.2 Å². The average molecular weight is 404 g/mol.